The van der Waals surface area contributed by atoms with Gasteiger partial charge in [-0.2, -0.15) is 0 Å². The first-order chi connectivity index (χ1) is 11.7. The number of carbonyl (C=O) groups excluding carboxylic acids is 1. The number of para-hydroxylation sites is 1. The minimum absolute atomic E-state index is 0.158. The van der Waals surface area contributed by atoms with Crippen LogP contribution in [0.3, 0.4) is 0 Å². The van der Waals surface area contributed by atoms with Gasteiger partial charge in [0.05, 0.1) is 12.2 Å². The monoisotopic (exact) mass is 335 g/mol. The molecule has 132 valence electrons. The highest BCUT2D eigenvalue weighted by Crippen LogP contribution is 2.20. The van der Waals surface area contributed by atoms with Gasteiger partial charge in [-0.25, -0.2) is 4.39 Å². The second-order valence-electron chi connectivity index (χ2n) is 6.72. The van der Waals surface area contributed by atoms with Gasteiger partial charge in [-0.05, 0) is 44.0 Å². The summed E-state index contributed by atoms with van der Waals surface area (Å²) < 4.78 is 13.9. The Balaban J connectivity index is 1.46. The molecule has 5 nitrogen and oxygen atoms in total. The number of rotatable bonds is 4. The maximum atomic E-state index is 13.9. The molecule has 1 N–H and O–H groups in total. The van der Waals surface area contributed by atoms with E-state index in [4.69, 9.17) is 0 Å². The van der Waals surface area contributed by atoms with Gasteiger partial charge in [-0.1, -0.05) is 12.1 Å². The first kappa shape index (κ1) is 17.2. The Morgan fingerprint density at radius 1 is 1.08 bits per heavy atom. The number of amides is 1. The summed E-state index contributed by atoms with van der Waals surface area (Å²) in [5, 5.41) is 9.18. The molecule has 0 radical (unpaired) electrons. The van der Waals surface area contributed by atoms with E-state index in [1.54, 1.807) is 12.1 Å². The minimum atomic E-state index is -0.205. The van der Waals surface area contributed by atoms with Crippen LogP contribution in [-0.4, -0.2) is 73.2 Å². The SMILES string of the molecule is O=C(CN1CCC(CO)CC1)N1CCN(c2ccccc2F)CC1. The van der Waals surface area contributed by atoms with Crippen LogP contribution in [0.15, 0.2) is 24.3 Å². The van der Waals surface area contributed by atoms with Crippen molar-refractivity contribution in [3.05, 3.63) is 30.1 Å². The summed E-state index contributed by atoms with van der Waals surface area (Å²) in [6, 6.07) is 6.80. The number of hydrogen-bond acceptors (Lipinski definition) is 4. The maximum absolute atomic E-state index is 13.9. The zero-order valence-corrected chi connectivity index (χ0v) is 14.0. The highest BCUT2D eigenvalue weighted by molar-refractivity contribution is 5.78. The zero-order valence-electron chi connectivity index (χ0n) is 14.0. The highest BCUT2D eigenvalue weighted by Gasteiger charge is 2.25. The third-order valence-electron chi connectivity index (χ3n) is 5.15. The topological polar surface area (TPSA) is 47.0 Å². The lowest BCUT2D eigenvalue weighted by molar-refractivity contribution is -0.133. The molecule has 6 heteroatoms. The van der Waals surface area contributed by atoms with Gasteiger partial charge in [0, 0.05) is 32.8 Å². The normalized spacial score (nSPS) is 20.4. The molecule has 2 fully saturated rings. The van der Waals surface area contributed by atoms with E-state index in [0.717, 1.165) is 25.9 Å². The zero-order chi connectivity index (χ0) is 16.9. The average molecular weight is 335 g/mol. The molecular formula is C18H26FN3O2. The van der Waals surface area contributed by atoms with Crippen LogP contribution in [0.5, 0.6) is 0 Å². The predicted octanol–water partition coefficient (Wildman–Crippen LogP) is 1.18. The number of aliphatic hydroxyl groups excluding tert-OH is 1. The van der Waals surface area contributed by atoms with Crippen molar-refractivity contribution in [3.63, 3.8) is 0 Å². The molecule has 0 unspecified atom stereocenters. The van der Waals surface area contributed by atoms with Crippen LogP contribution in [-0.2, 0) is 4.79 Å². The lowest BCUT2D eigenvalue weighted by Crippen LogP contribution is -2.52. The molecule has 0 saturated carbocycles. The van der Waals surface area contributed by atoms with Crippen molar-refractivity contribution < 1.29 is 14.3 Å². The number of piperazine rings is 1. The number of nitrogens with zero attached hydrogens (tertiary/aromatic N) is 3. The molecular weight excluding hydrogens is 309 g/mol. The van der Waals surface area contributed by atoms with Crippen LogP contribution < -0.4 is 4.90 Å². The molecule has 1 amide bonds. The first-order valence-electron chi connectivity index (χ1n) is 8.78. The van der Waals surface area contributed by atoms with E-state index in [0.29, 0.717) is 44.3 Å². The summed E-state index contributed by atoms with van der Waals surface area (Å²) >= 11 is 0. The Morgan fingerprint density at radius 3 is 2.38 bits per heavy atom. The quantitative estimate of drug-likeness (QED) is 0.898. The smallest absolute Gasteiger partial charge is 0.236 e. The molecule has 2 saturated heterocycles. The Bertz CT molecular complexity index is 553. The van der Waals surface area contributed by atoms with Gasteiger partial charge in [0.15, 0.2) is 0 Å². The lowest BCUT2D eigenvalue weighted by Gasteiger charge is -2.38. The summed E-state index contributed by atoms with van der Waals surface area (Å²) in [6.07, 6.45) is 1.93. The largest absolute Gasteiger partial charge is 0.396 e. The number of anilines is 1. The second kappa shape index (κ2) is 7.94. The summed E-state index contributed by atoms with van der Waals surface area (Å²) in [5.41, 5.74) is 0.621. The molecule has 0 atom stereocenters. The third-order valence-corrected chi connectivity index (χ3v) is 5.15. The summed E-state index contributed by atoms with van der Waals surface area (Å²) in [7, 11) is 0. The molecule has 24 heavy (non-hydrogen) atoms. The van der Waals surface area contributed by atoms with Crippen LogP contribution in [0.4, 0.5) is 10.1 Å². The number of likely N-dealkylation sites (tertiary alicyclic amines) is 1. The van der Waals surface area contributed by atoms with Crippen molar-refractivity contribution in [3.8, 4) is 0 Å². The lowest BCUT2D eigenvalue weighted by atomic mass is 9.98. The van der Waals surface area contributed by atoms with Crippen molar-refractivity contribution in [2.24, 2.45) is 5.92 Å². The van der Waals surface area contributed by atoms with Crippen LogP contribution in [0, 0.1) is 11.7 Å². The molecule has 0 aromatic heterocycles. The third kappa shape index (κ3) is 4.05. The minimum Gasteiger partial charge on any atom is -0.396 e. The molecule has 3 rings (SSSR count). The van der Waals surface area contributed by atoms with E-state index in [2.05, 4.69) is 4.90 Å². The van der Waals surface area contributed by atoms with Gasteiger partial charge in [0.25, 0.3) is 0 Å². The van der Waals surface area contributed by atoms with E-state index in [1.807, 2.05) is 15.9 Å². The molecule has 0 aliphatic carbocycles. The summed E-state index contributed by atoms with van der Waals surface area (Å²) in [4.78, 5) is 18.5. The molecule has 0 bridgehead atoms. The number of halogens is 1. The summed E-state index contributed by atoms with van der Waals surface area (Å²) in [5.74, 6) is 0.343. The molecule has 2 aliphatic rings. The Morgan fingerprint density at radius 2 is 1.75 bits per heavy atom. The molecule has 1 aromatic carbocycles. The van der Waals surface area contributed by atoms with Gasteiger partial charge in [0.2, 0.25) is 5.91 Å². The van der Waals surface area contributed by atoms with Crippen molar-refractivity contribution in [2.45, 2.75) is 12.8 Å². The average Bonchev–Trinajstić information content (AvgIpc) is 2.63. The standard InChI is InChI=1S/C18H26FN3O2/c19-16-3-1-2-4-17(16)21-9-11-22(12-10-21)18(24)13-20-7-5-15(14-23)6-8-20/h1-4,15,23H,5-14H2. The Hall–Kier alpha value is -1.66. The highest BCUT2D eigenvalue weighted by atomic mass is 19.1. The number of carbonyl (C=O) groups is 1. The Kier molecular flexibility index (Phi) is 5.68. The van der Waals surface area contributed by atoms with Crippen LogP contribution in [0.1, 0.15) is 12.8 Å². The van der Waals surface area contributed by atoms with Crippen LogP contribution in [0.25, 0.3) is 0 Å². The van der Waals surface area contributed by atoms with Gasteiger partial charge < -0.3 is 14.9 Å². The fraction of sp³-hybridized carbons (Fsp3) is 0.611. The maximum Gasteiger partial charge on any atom is 0.236 e. The number of aliphatic hydroxyl groups is 1. The Labute approximate surface area is 142 Å². The number of benzene rings is 1. The van der Waals surface area contributed by atoms with E-state index in [1.165, 1.54) is 6.07 Å². The second-order valence-corrected chi connectivity index (χ2v) is 6.72. The molecule has 2 aliphatic heterocycles. The van der Waals surface area contributed by atoms with E-state index in [-0.39, 0.29) is 18.3 Å². The van der Waals surface area contributed by atoms with E-state index >= 15 is 0 Å². The van der Waals surface area contributed by atoms with Gasteiger partial charge >= 0.3 is 0 Å². The van der Waals surface area contributed by atoms with Crippen LogP contribution >= 0.6 is 0 Å². The number of hydrogen-bond donors (Lipinski definition) is 1. The summed E-state index contributed by atoms with van der Waals surface area (Å²) in [6.45, 7) is 5.08. The van der Waals surface area contributed by atoms with E-state index < -0.39 is 0 Å². The van der Waals surface area contributed by atoms with Crippen molar-refractivity contribution >= 4 is 11.6 Å². The number of piperidine rings is 1. The van der Waals surface area contributed by atoms with Crippen molar-refractivity contribution in [2.75, 3.05) is 57.3 Å². The fourth-order valence-corrected chi connectivity index (χ4v) is 3.52. The molecule has 1 aromatic rings. The molecule has 2 heterocycles. The van der Waals surface area contributed by atoms with Gasteiger partial charge in [0.1, 0.15) is 5.82 Å². The fourth-order valence-electron chi connectivity index (χ4n) is 3.52. The first-order valence-corrected chi connectivity index (χ1v) is 8.78. The van der Waals surface area contributed by atoms with Crippen LogP contribution in [0.2, 0.25) is 0 Å². The van der Waals surface area contributed by atoms with Crippen molar-refractivity contribution in [1.82, 2.24) is 9.80 Å². The van der Waals surface area contributed by atoms with Gasteiger partial charge in [-0.15, -0.1) is 0 Å². The van der Waals surface area contributed by atoms with Crippen molar-refractivity contribution in [1.29, 1.82) is 0 Å². The molecule has 0 spiro atoms. The van der Waals surface area contributed by atoms with Gasteiger partial charge in [-0.3, -0.25) is 9.69 Å². The van der Waals surface area contributed by atoms with E-state index in [9.17, 15) is 14.3 Å². The predicted molar refractivity (Wildman–Crippen MR) is 91.4 cm³/mol.